The molecule has 0 aliphatic carbocycles. The lowest BCUT2D eigenvalue weighted by Gasteiger charge is -2.23. The lowest BCUT2D eigenvalue weighted by Crippen LogP contribution is -2.47. The number of nitrogens with two attached hydrogens (primary N) is 1. The van der Waals surface area contributed by atoms with Crippen molar-refractivity contribution in [3.05, 3.63) is 57.5 Å². The number of ether oxygens (including phenoxy) is 1. The van der Waals surface area contributed by atoms with Crippen LogP contribution in [0, 0.1) is 5.92 Å². The van der Waals surface area contributed by atoms with E-state index < -0.39 is 29.4 Å². The first-order valence-corrected chi connectivity index (χ1v) is 10.3. The summed E-state index contributed by atoms with van der Waals surface area (Å²) in [7, 11) is 0. The van der Waals surface area contributed by atoms with E-state index in [2.05, 4.69) is 16.2 Å². The zero-order valence-electron chi connectivity index (χ0n) is 18.0. The van der Waals surface area contributed by atoms with Gasteiger partial charge in [0.15, 0.2) is 0 Å². The molecule has 0 saturated carbocycles. The number of aromatic nitrogens is 1. The van der Waals surface area contributed by atoms with E-state index in [-0.39, 0.29) is 35.3 Å². The van der Waals surface area contributed by atoms with Crippen molar-refractivity contribution in [2.75, 3.05) is 24.2 Å². The first-order chi connectivity index (χ1) is 15.1. The van der Waals surface area contributed by atoms with E-state index in [1.165, 1.54) is 35.0 Å². The van der Waals surface area contributed by atoms with E-state index in [0.29, 0.717) is 5.69 Å². The van der Waals surface area contributed by atoms with Crippen molar-refractivity contribution in [1.82, 2.24) is 15.4 Å². The molecule has 2 aromatic rings. The molecular weight excluding hydrogens is 438 g/mol. The molecule has 172 valence electrons. The Morgan fingerprint density at radius 1 is 1.22 bits per heavy atom. The van der Waals surface area contributed by atoms with Crippen LogP contribution in [0.3, 0.4) is 0 Å². The molecule has 0 aliphatic rings. The van der Waals surface area contributed by atoms with Crippen LogP contribution >= 0.6 is 11.6 Å². The fourth-order valence-corrected chi connectivity index (χ4v) is 3.11. The Hall–Kier alpha value is -3.37. The van der Waals surface area contributed by atoms with Gasteiger partial charge in [0.25, 0.3) is 17.4 Å². The second kappa shape index (κ2) is 11.3. The van der Waals surface area contributed by atoms with Crippen molar-refractivity contribution in [2.45, 2.75) is 26.8 Å². The molecule has 2 amide bonds. The number of esters is 1. The quantitative estimate of drug-likeness (QED) is 0.251. The Kier molecular flexibility index (Phi) is 8.80. The summed E-state index contributed by atoms with van der Waals surface area (Å²) in [5.74, 6) is -1.89. The number of benzene rings is 1. The molecule has 0 fully saturated rings. The number of hydrazine groups is 1. The van der Waals surface area contributed by atoms with Gasteiger partial charge in [0.1, 0.15) is 18.3 Å². The minimum absolute atomic E-state index is 0.0108. The summed E-state index contributed by atoms with van der Waals surface area (Å²) in [5.41, 5.74) is 10.5. The Labute approximate surface area is 190 Å². The van der Waals surface area contributed by atoms with Crippen molar-refractivity contribution in [2.24, 2.45) is 5.92 Å². The molecular formula is C21H26ClN5O5. The van der Waals surface area contributed by atoms with Crippen LogP contribution in [0.4, 0.5) is 11.4 Å². The number of pyridine rings is 1. The second-order valence-electron chi connectivity index (χ2n) is 7.16. The van der Waals surface area contributed by atoms with E-state index in [1.54, 1.807) is 26.8 Å². The molecule has 0 bridgehead atoms. The van der Waals surface area contributed by atoms with Crippen LogP contribution in [0.2, 0.25) is 5.02 Å². The number of carbonyl (C=O) groups excluding carboxylic acids is 3. The summed E-state index contributed by atoms with van der Waals surface area (Å²) in [6.45, 7) is 5.21. The highest BCUT2D eigenvalue weighted by atomic mass is 35.5. The molecule has 11 heteroatoms. The zero-order valence-corrected chi connectivity index (χ0v) is 18.7. The zero-order chi connectivity index (χ0) is 23.8. The summed E-state index contributed by atoms with van der Waals surface area (Å²) in [6, 6.07) is 6.44. The van der Waals surface area contributed by atoms with Gasteiger partial charge in [0.05, 0.1) is 17.3 Å². The Bertz CT molecular complexity index is 1050. The molecule has 1 atom stereocenters. The fourth-order valence-electron chi connectivity index (χ4n) is 2.93. The first-order valence-electron chi connectivity index (χ1n) is 9.91. The molecule has 0 aliphatic heterocycles. The minimum Gasteiger partial charge on any atom is -0.465 e. The summed E-state index contributed by atoms with van der Waals surface area (Å²) in [5, 5.41) is 2.76. The number of amides is 2. The van der Waals surface area contributed by atoms with Crippen molar-refractivity contribution < 1.29 is 19.1 Å². The third-order valence-corrected chi connectivity index (χ3v) is 4.76. The highest BCUT2D eigenvalue weighted by Crippen LogP contribution is 2.21. The molecule has 0 spiro atoms. The molecule has 0 radical (unpaired) electrons. The minimum atomic E-state index is -0.903. The van der Waals surface area contributed by atoms with Crippen LogP contribution in [0.25, 0.3) is 0 Å². The van der Waals surface area contributed by atoms with Crippen LogP contribution in [0.15, 0.2) is 41.3 Å². The van der Waals surface area contributed by atoms with Gasteiger partial charge in [-0.3, -0.25) is 24.6 Å². The molecule has 32 heavy (non-hydrogen) atoms. The molecule has 1 heterocycles. The van der Waals surface area contributed by atoms with Gasteiger partial charge < -0.3 is 20.4 Å². The maximum Gasteiger partial charge on any atom is 0.321 e. The van der Waals surface area contributed by atoms with E-state index in [4.69, 9.17) is 22.1 Å². The molecule has 1 unspecified atom stereocenters. The third kappa shape index (κ3) is 6.32. The predicted molar refractivity (Wildman–Crippen MR) is 121 cm³/mol. The number of nitrogens with zero attached hydrogens (tertiary/aromatic N) is 1. The molecule has 10 nitrogen and oxygen atoms in total. The van der Waals surface area contributed by atoms with E-state index in [9.17, 15) is 19.2 Å². The molecule has 5 N–H and O–H groups in total. The van der Waals surface area contributed by atoms with Gasteiger partial charge in [-0.05, 0) is 43.2 Å². The largest absolute Gasteiger partial charge is 0.465 e. The predicted octanol–water partition coefficient (Wildman–Crippen LogP) is 1.72. The average molecular weight is 464 g/mol. The average Bonchev–Trinajstić information content (AvgIpc) is 2.72. The number of rotatable bonds is 9. The van der Waals surface area contributed by atoms with Gasteiger partial charge in [-0.1, -0.05) is 25.4 Å². The summed E-state index contributed by atoms with van der Waals surface area (Å²) in [4.78, 5) is 49.7. The van der Waals surface area contributed by atoms with Gasteiger partial charge in [-0.2, -0.15) is 0 Å². The molecule has 2 rings (SSSR count). The normalized spacial score (nSPS) is 11.7. The van der Waals surface area contributed by atoms with Gasteiger partial charge in [0.2, 0.25) is 0 Å². The monoisotopic (exact) mass is 463 g/mol. The van der Waals surface area contributed by atoms with E-state index in [0.717, 1.165) is 0 Å². The lowest BCUT2D eigenvalue weighted by molar-refractivity contribution is -0.142. The highest BCUT2D eigenvalue weighted by Gasteiger charge is 2.26. The topological polar surface area (TPSA) is 145 Å². The Morgan fingerprint density at radius 3 is 2.56 bits per heavy atom. The molecule has 1 aromatic carbocycles. The maximum atomic E-state index is 13.0. The number of nitrogen functional groups attached to an aromatic ring is 1. The second-order valence-corrected chi connectivity index (χ2v) is 7.57. The van der Waals surface area contributed by atoms with Crippen molar-refractivity contribution in [3.8, 4) is 0 Å². The van der Waals surface area contributed by atoms with Gasteiger partial charge in [-0.15, -0.1) is 0 Å². The van der Waals surface area contributed by atoms with Crippen molar-refractivity contribution in [1.29, 1.82) is 0 Å². The fraction of sp³-hybridized carbons (Fsp3) is 0.333. The lowest BCUT2D eigenvalue weighted by atomic mass is 10.0. The standard InChI is InChI=1S/C21H26ClN5O5/c1-4-32-17(28)11-24-26-20(30)18(12(2)3)27-9-5-6-16(21(27)31)25-19(29)13-7-8-15(23)14(22)10-13/h5-10,12,18,24H,4,11,23H2,1-3H3,(H,25,29)(H,26,30). The maximum absolute atomic E-state index is 13.0. The van der Waals surface area contributed by atoms with Crippen LogP contribution in [0.5, 0.6) is 0 Å². The van der Waals surface area contributed by atoms with E-state index >= 15 is 0 Å². The van der Waals surface area contributed by atoms with Crippen LogP contribution in [0.1, 0.15) is 37.2 Å². The van der Waals surface area contributed by atoms with Crippen LogP contribution < -0.4 is 27.5 Å². The number of hydrogen-bond acceptors (Lipinski definition) is 7. The van der Waals surface area contributed by atoms with Gasteiger partial charge >= 0.3 is 5.97 Å². The van der Waals surface area contributed by atoms with E-state index in [1.807, 2.05) is 0 Å². The summed E-state index contributed by atoms with van der Waals surface area (Å²) >= 11 is 5.96. The van der Waals surface area contributed by atoms with Crippen molar-refractivity contribution >= 4 is 40.8 Å². The van der Waals surface area contributed by atoms with Crippen molar-refractivity contribution in [3.63, 3.8) is 0 Å². The molecule has 1 aromatic heterocycles. The summed E-state index contributed by atoms with van der Waals surface area (Å²) < 4.78 is 5.99. The van der Waals surface area contributed by atoms with Crippen LogP contribution in [-0.4, -0.2) is 35.5 Å². The smallest absolute Gasteiger partial charge is 0.321 e. The Morgan fingerprint density at radius 2 is 1.94 bits per heavy atom. The first kappa shape index (κ1) is 24.9. The number of nitrogens with one attached hydrogen (secondary N) is 3. The van der Waals surface area contributed by atoms with Gasteiger partial charge in [-0.25, -0.2) is 5.43 Å². The SMILES string of the molecule is CCOC(=O)CNNC(=O)C(C(C)C)n1cccc(NC(=O)c2ccc(N)c(Cl)c2)c1=O. The third-order valence-electron chi connectivity index (χ3n) is 4.43. The number of carbonyl (C=O) groups is 3. The number of anilines is 2. The highest BCUT2D eigenvalue weighted by molar-refractivity contribution is 6.33. The van der Waals surface area contributed by atoms with Gasteiger partial charge in [0, 0.05) is 11.8 Å². The Balaban J connectivity index is 2.20. The summed E-state index contributed by atoms with van der Waals surface area (Å²) in [6.07, 6.45) is 1.45. The molecule has 0 saturated heterocycles. The number of hydrogen-bond donors (Lipinski definition) is 4. The van der Waals surface area contributed by atoms with Crippen LogP contribution in [-0.2, 0) is 14.3 Å². The number of halogens is 1.